The van der Waals surface area contributed by atoms with E-state index in [0.717, 1.165) is 5.56 Å². The van der Waals surface area contributed by atoms with Gasteiger partial charge in [-0.05, 0) is 31.9 Å². The van der Waals surface area contributed by atoms with Gasteiger partial charge in [-0.1, -0.05) is 17.7 Å². The minimum absolute atomic E-state index is 0.194. The molecule has 1 aromatic rings. The zero-order valence-corrected chi connectivity index (χ0v) is 14.1. The standard InChI is InChI=1S/C15H23N5O5/c1-10-5-7-11(8-6-10)13(21)18-12(14(22)25-2)4-3-9-17-15(16)19-20(23)24/h5-8,12,20,23H,3-4,9H2,1-2H3,(H,18,21)(H3,16,17,19). The molecule has 2 atom stereocenters. The number of nitrogens with two attached hydrogens (primary N) is 1. The summed E-state index contributed by atoms with van der Waals surface area (Å²) in [6, 6.07) is 6.11. The van der Waals surface area contributed by atoms with Crippen molar-refractivity contribution < 1.29 is 24.9 Å². The molecule has 0 aromatic heterocycles. The third kappa shape index (κ3) is 7.61. The number of nitrogens with one attached hydrogen (secondary N) is 3. The van der Waals surface area contributed by atoms with Crippen molar-refractivity contribution in [3.8, 4) is 0 Å². The Labute approximate surface area is 145 Å². The van der Waals surface area contributed by atoms with Gasteiger partial charge in [0.2, 0.25) is 5.96 Å². The van der Waals surface area contributed by atoms with E-state index in [2.05, 4.69) is 10.3 Å². The van der Waals surface area contributed by atoms with Gasteiger partial charge in [0.25, 0.3) is 5.91 Å². The van der Waals surface area contributed by atoms with E-state index in [1.165, 1.54) is 7.11 Å². The summed E-state index contributed by atoms with van der Waals surface area (Å²) in [5.74, 6) is -1.18. The third-order valence-corrected chi connectivity index (χ3v) is 3.27. The molecule has 10 heteroatoms. The molecular weight excluding hydrogens is 330 g/mol. The molecule has 0 aliphatic heterocycles. The van der Waals surface area contributed by atoms with Crippen LogP contribution in [-0.2, 0) is 9.53 Å². The Kier molecular flexibility index (Phi) is 8.33. The fourth-order valence-corrected chi connectivity index (χ4v) is 1.98. The number of nitrogens with zero attached hydrogens (tertiary/aromatic N) is 1. The molecule has 0 saturated heterocycles. The van der Waals surface area contributed by atoms with Crippen molar-refractivity contribution in [1.29, 1.82) is 0 Å². The summed E-state index contributed by atoms with van der Waals surface area (Å²) in [4.78, 5) is 27.8. The number of aryl methyl sites for hydroxylation is 1. The Hall–Kier alpha value is -2.69. The molecule has 10 nitrogen and oxygen atoms in total. The number of amides is 1. The van der Waals surface area contributed by atoms with Crippen LogP contribution in [0.4, 0.5) is 0 Å². The Morgan fingerprint density at radius 1 is 1.40 bits per heavy atom. The van der Waals surface area contributed by atoms with Crippen LogP contribution in [0, 0.1) is 12.1 Å². The first-order chi connectivity index (χ1) is 11.8. The largest absolute Gasteiger partial charge is 0.574 e. The summed E-state index contributed by atoms with van der Waals surface area (Å²) < 4.78 is 4.69. The summed E-state index contributed by atoms with van der Waals surface area (Å²) in [5, 5.41) is 20.2. The average molecular weight is 353 g/mol. The van der Waals surface area contributed by atoms with E-state index in [4.69, 9.17) is 15.7 Å². The average Bonchev–Trinajstić information content (AvgIpc) is 2.56. The fraction of sp³-hybridized carbons (Fsp3) is 0.400. The first kappa shape index (κ1) is 20.4. The molecule has 1 amide bonds. The molecule has 0 aliphatic rings. The molecule has 0 bridgehead atoms. The van der Waals surface area contributed by atoms with Gasteiger partial charge in [0.1, 0.15) is 6.04 Å². The molecule has 0 radical (unpaired) electrons. The molecular formula is C15H23N5O5. The van der Waals surface area contributed by atoms with E-state index >= 15 is 0 Å². The van der Waals surface area contributed by atoms with E-state index in [-0.39, 0.29) is 24.8 Å². The molecule has 1 aromatic carbocycles. The lowest BCUT2D eigenvalue weighted by atomic mass is 10.1. The van der Waals surface area contributed by atoms with Crippen molar-refractivity contribution in [2.75, 3.05) is 13.7 Å². The van der Waals surface area contributed by atoms with Gasteiger partial charge in [-0.25, -0.2) is 9.79 Å². The lowest BCUT2D eigenvalue weighted by Crippen LogP contribution is -3.13. The number of hydrogen-bond donors (Lipinski definition) is 5. The SMILES string of the molecule is COC(=O)C(CCCN=C(N)N[NH+]([O-])O)NC(=O)c1ccc(C)cc1. The first-order valence-corrected chi connectivity index (χ1v) is 7.58. The number of esters is 1. The zero-order valence-electron chi connectivity index (χ0n) is 14.1. The fourth-order valence-electron chi connectivity index (χ4n) is 1.98. The van der Waals surface area contributed by atoms with Crippen LogP contribution >= 0.6 is 0 Å². The molecule has 6 N–H and O–H groups in total. The molecule has 138 valence electrons. The van der Waals surface area contributed by atoms with E-state index < -0.39 is 17.3 Å². The number of carbonyl (C=O) groups excluding carboxylic acids is 2. The van der Waals surface area contributed by atoms with Crippen molar-refractivity contribution in [2.45, 2.75) is 25.8 Å². The van der Waals surface area contributed by atoms with Crippen LogP contribution in [0.1, 0.15) is 28.8 Å². The molecule has 25 heavy (non-hydrogen) atoms. The van der Waals surface area contributed by atoms with Crippen molar-refractivity contribution in [3.63, 3.8) is 0 Å². The second kappa shape index (κ2) is 10.2. The van der Waals surface area contributed by atoms with Crippen molar-refractivity contribution >= 4 is 17.8 Å². The van der Waals surface area contributed by atoms with Crippen molar-refractivity contribution in [1.82, 2.24) is 10.7 Å². The van der Waals surface area contributed by atoms with Crippen LogP contribution < -0.4 is 21.8 Å². The van der Waals surface area contributed by atoms with Crippen LogP contribution in [0.2, 0.25) is 0 Å². The van der Waals surface area contributed by atoms with Gasteiger partial charge in [0, 0.05) is 12.1 Å². The number of rotatable bonds is 8. The molecule has 1 rings (SSSR count). The second-order valence-corrected chi connectivity index (χ2v) is 5.25. The highest BCUT2D eigenvalue weighted by atomic mass is 16.8. The monoisotopic (exact) mass is 353 g/mol. The number of aliphatic imine (C=N–C) groups is 1. The predicted octanol–water partition coefficient (Wildman–Crippen LogP) is -1.36. The summed E-state index contributed by atoms with van der Waals surface area (Å²) in [5.41, 5.74) is 8.71. The van der Waals surface area contributed by atoms with Crippen LogP contribution in [0.5, 0.6) is 0 Å². The molecule has 0 aliphatic carbocycles. The predicted molar refractivity (Wildman–Crippen MR) is 89.4 cm³/mol. The quantitative estimate of drug-likeness (QED) is 0.127. The first-order valence-electron chi connectivity index (χ1n) is 7.58. The van der Waals surface area contributed by atoms with Crippen molar-refractivity contribution in [2.24, 2.45) is 10.7 Å². The maximum Gasteiger partial charge on any atom is 0.328 e. The molecule has 2 unspecified atom stereocenters. The second-order valence-electron chi connectivity index (χ2n) is 5.25. The Balaban J connectivity index is 2.58. The number of hydrogen-bond acceptors (Lipinski definition) is 6. The van der Waals surface area contributed by atoms with Gasteiger partial charge in [-0.15, -0.1) is 5.34 Å². The van der Waals surface area contributed by atoms with Gasteiger partial charge >= 0.3 is 5.97 Å². The van der Waals surface area contributed by atoms with Gasteiger partial charge in [-0.2, -0.15) is 10.6 Å². The summed E-state index contributed by atoms with van der Waals surface area (Å²) in [7, 11) is 1.24. The Morgan fingerprint density at radius 2 is 2.04 bits per heavy atom. The normalized spacial score (nSPS) is 13.7. The number of carbonyl (C=O) groups is 2. The molecule has 0 saturated carbocycles. The van der Waals surface area contributed by atoms with Crippen LogP contribution in [0.15, 0.2) is 29.3 Å². The smallest absolute Gasteiger partial charge is 0.328 e. The van der Waals surface area contributed by atoms with Crippen LogP contribution in [0.3, 0.4) is 0 Å². The number of quaternary nitrogens is 1. The minimum atomic E-state index is -1.31. The number of guanidine groups is 1. The summed E-state index contributed by atoms with van der Waals surface area (Å²) in [6.45, 7) is 2.10. The van der Waals surface area contributed by atoms with Gasteiger partial charge in [-0.3, -0.25) is 4.79 Å². The van der Waals surface area contributed by atoms with E-state index in [1.807, 2.05) is 12.3 Å². The van der Waals surface area contributed by atoms with Crippen LogP contribution in [-0.4, -0.2) is 42.7 Å². The highest BCUT2D eigenvalue weighted by Gasteiger charge is 2.21. The van der Waals surface area contributed by atoms with Gasteiger partial charge in [0.15, 0.2) is 0 Å². The Morgan fingerprint density at radius 3 is 2.60 bits per heavy atom. The highest BCUT2D eigenvalue weighted by Crippen LogP contribution is 2.06. The maximum absolute atomic E-state index is 12.2. The van der Waals surface area contributed by atoms with Crippen molar-refractivity contribution in [3.05, 3.63) is 40.6 Å². The van der Waals surface area contributed by atoms with Gasteiger partial charge in [0.05, 0.1) is 7.11 Å². The van der Waals surface area contributed by atoms with Crippen LogP contribution in [0.25, 0.3) is 0 Å². The van der Waals surface area contributed by atoms with Gasteiger partial charge < -0.3 is 21.0 Å². The number of methoxy groups -OCH3 is 1. The molecule has 0 fully saturated rings. The molecule has 0 spiro atoms. The lowest BCUT2D eigenvalue weighted by molar-refractivity contribution is -1.08. The number of benzene rings is 1. The Bertz CT molecular complexity index is 603. The highest BCUT2D eigenvalue weighted by molar-refractivity contribution is 5.96. The zero-order chi connectivity index (χ0) is 18.8. The maximum atomic E-state index is 12.2. The topological polar surface area (TPSA) is 154 Å². The summed E-state index contributed by atoms with van der Waals surface area (Å²) >= 11 is 0. The lowest BCUT2D eigenvalue weighted by Gasteiger charge is -2.16. The van der Waals surface area contributed by atoms with E-state index in [0.29, 0.717) is 12.0 Å². The third-order valence-electron chi connectivity index (χ3n) is 3.27. The molecule has 0 heterocycles. The van der Waals surface area contributed by atoms with E-state index in [9.17, 15) is 14.8 Å². The summed E-state index contributed by atoms with van der Waals surface area (Å²) in [6.07, 6.45) is 0.671. The number of ether oxygens (including phenoxy) is 1. The minimum Gasteiger partial charge on any atom is -0.574 e. The van der Waals surface area contributed by atoms with E-state index in [1.54, 1.807) is 24.3 Å².